The topological polar surface area (TPSA) is 92.7 Å². The zero-order valence-electron chi connectivity index (χ0n) is 11.8. The van der Waals surface area contributed by atoms with Crippen LogP contribution >= 0.6 is 0 Å². The van der Waals surface area contributed by atoms with Gasteiger partial charge in [0.2, 0.25) is 10.0 Å². The van der Waals surface area contributed by atoms with Crippen LogP contribution in [0, 0.1) is 5.92 Å². The monoisotopic (exact) mass is 313 g/mol. The average molecular weight is 313 g/mol. The summed E-state index contributed by atoms with van der Waals surface area (Å²) in [5.41, 5.74) is 0.900. The maximum absolute atomic E-state index is 12.2. The number of nitrogens with one attached hydrogen (secondary N) is 1. The zero-order chi connectivity index (χ0) is 15.5. The summed E-state index contributed by atoms with van der Waals surface area (Å²) in [6.07, 6.45) is 1.20. The Morgan fingerprint density at radius 2 is 2.24 bits per heavy atom. The van der Waals surface area contributed by atoms with Crippen LogP contribution in [0.25, 0.3) is 0 Å². The second-order valence-corrected chi connectivity index (χ2v) is 7.02. The molecule has 1 unspecified atom stereocenters. The average Bonchev–Trinajstić information content (AvgIpc) is 2.90. The Kier molecular flexibility index (Phi) is 4.84. The van der Waals surface area contributed by atoms with Gasteiger partial charge in [0.15, 0.2) is 0 Å². The molecule has 0 aromatic heterocycles. The van der Waals surface area contributed by atoms with Gasteiger partial charge in [0.05, 0.1) is 11.5 Å². The number of ether oxygens (including phenoxy) is 1. The number of carboxylic acids is 1. The fourth-order valence-electron chi connectivity index (χ4n) is 2.14. The van der Waals surface area contributed by atoms with E-state index in [2.05, 4.69) is 4.72 Å². The number of hydrogen-bond donors (Lipinski definition) is 2. The summed E-state index contributed by atoms with van der Waals surface area (Å²) in [4.78, 5) is 10.7. The Morgan fingerprint density at radius 3 is 2.95 bits per heavy atom. The molecule has 0 bridgehead atoms. The number of aliphatic carboxylic acids is 1. The minimum absolute atomic E-state index is 0.0337. The van der Waals surface area contributed by atoms with Gasteiger partial charge in [0, 0.05) is 19.4 Å². The van der Waals surface area contributed by atoms with E-state index in [4.69, 9.17) is 9.84 Å². The van der Waals surface area contributed by atoms with Crippen LogP contribution in [-0.4, -0.2) is 32.6 Å². The fourth-order valence-corrected chi connectivity index (χ4v) is 3.35. The summed E-state index contributed by atoms with van der Waals surface area (Å²) in [5, 5.41) is 8.61. The first kappa shape index (κ1) is 15.8. The normalized spacial score (nSPS) is 15.3. The minimum Gasteiger partial charge on any atom is -0.493 e. The van der Waals surface area contributed by atoms with Crippen molar-refractivity contribution in [2.75, 3.05) is 13.2 Å². The lowest BCUT2D eigenvalue weighted by molar-refractivity contribution is -0.137. The van der Waals surface area contributed by atoms with E-state index < -0.39 is 16.0 Å². The number of benzene rings is 1. The molecular formula is C14H19NO5S. The Morgan fingerprint density at radius 1 is 1.48 bits per heavy atom. The highest BCUT2D eigenvalue weighted by molar-refractivity contribution is 7.89. The minimum atomic E-state index is -3.57. The Labute approximate surface area is 124 Å². The second kappa shape index (κ2) is 6.44. The molecule has 2 N–H and O–H groups in total. The molecule has 116 valence electrons. The summed E-state index contributed by atoms with van der Waals surface area (Å²) in [6.45, 7) is 2.63. The van der Waals surface area contributed by atoms with Crippen molar-refractivity contribution < 1.29 is 23.1 Å². The summed E-state index contributed by atoms with van der Waals surface area (Å²) >= 11 is 0. The van der Waals surface area contributed by atoms with Crippen molar-refractivity contribution in [3.05, 3.63) is 23.8 Å². The molecule has 0 saturated carbocycles. The largest absolute Gasteiger partial charge is 0.493 e. The molecule has 2 rings (SSSR count). The van der Waals surface area contributed by atoms with Crippen molar-refractivity contribution >= 4 is 16.0 Å². The molecule has 0 amide bonds. The Hall–Kier alpha value is -1.60. The predicted molar refractivity (Wildman–Crippen MR) is 76.9 cm³/mol. The summed E-state index contributed by atoms with van der Waals surface area (Å²) in [5.74, 6) is -0.166. The molecule has 0 fully saturated rings. The molecule has 1 atom stereocenters. The van der Waals surface area contributed by atoms with Gasteiger partial charge in [-0.05, 0) is 36.1 Å². The third kappa shape index (κ3) is 4.18. The van der Waals surface area contributed by atoms with E-state index >= 15 is 0 Å². The lowest BCUT2D eigenvalue weighted by atomic mass is 10.1. The van der Waals surface area contributed by atoms with E-state index in [-0.39, 0.29) is 23.8 Å². The smallest absolute Gasteiger partial charge is 0.303 e. The van der Waals surface area contributed by atoms with E-state index in [1.54, 1.807) is 12.1 Å². The summed E-state index contributed by atoms with van der Waals surface area (Å²) < 4.78 is 32.3. The van der Waals surface area contributed by atoms with Crippen molar-refractivity contribution in [3.8, 4) is 5.75 Å². The first-order chi connectivity index (χ1) is 9.88. The van der Waals surface area contributed by atoms with Gasteiger partial charge in [-0.3, -0.25) is 4.79 Å². The molecule has 6 nitrogen and oxygen atoms in total. The van der Waals surface area contributed by atoms with Gasteiger partial charge in [-0.15, -0.1) is 0 Å². The molecule has 1 aliphatic heterocycles. The molecule has 1 aliphatic rings. The number of carboxylic acid groups (broad SMARTS) is 1. The first-order valence-corrected chi connectivity index (χ1v) is 8.34. The van der Waals surface area contributed by atoms with Crippen LogP contribution in [0.4, 0.5) is 0 Å². The van der Waals surface area contributed by atoms with Gasteiger partial charge >= 0.3 is 5.97 Å². The zero-order valence-corrected chi connectivity index (χ0v) is 12.6. The number of carbonyl (C=O) groups is 1. The van der Waals surface area contributed by atoms with Crippen molar-refractivity contribution in [2.24, 2.45) is 5.92 Å². The fraction of sp³-hybridized carbons (Fsp3) is 0.500. The second-order valence-electron chi connectivity index (χ2n) is 5.26. The van der Waals surface area contributed by atoms with Crippen LogP contribution in [0.1, 0.15) is 25.3 Å². The third-order valence-electron chi connectivity index (χ3n) is 3.44. The van der Waals surface area contributed by atoms with E-state index in [1.807, 2.05) is 6.92 Å². The molecule has 0 saturated heterocycles. The van der Waals surface area contributed by atoms with Crippen LogP contribution in [0.15, 0.2) is 23.1 Å². The highest BCUT2D eigenvalue weighted by Crippen LogP contribution is 2.27. The molecule has 0 aliphatic carbocycles. The predicted octanol–water partition coefficient (Wildman–Crippen LogP) is 1.40. The Balaban J connectivity index is 1.97. The molecule has 1 aromatic rings. The maximum atomic E-state index is 12.2. The van der Waals surface area contributed by atoms with Gasteiger partial charge in [-0.25, -0.2) is 13.1 Å². The van der Waals surface area contributed by atoms with Crippen molar-refractivity contribution in [3.63, 3.8) is 0 Å². The van der Waals surface area contributed by atoms with Crippen molar-refractivity contribution in [1.82, 2.24) is 4.72 Å². The molecule has 1 heterocycles. The maximum Gasteiger partial charge on any atom is 0.303 e. The van der Waals surface area contributed by atoms with E-state index in [0.29, 0.717) is 19.4 Å². The number of rotatable bonds is 7. The van der Waals surface area contributed by atoms with Crippen molar-refractivity contribution in [1.29, 1.82) is 0 Å². The molecule has 1 aromatic carbocycles. The molecule has 21 heavy (non-hydrogen) atoms. The summed E-state index contributed by atoms with van der Waals surface area (Å²) in [6, 6.07) is 4.83. The molecule has 7 heteroatoms. The third-order valence-corrected chi connectivity index (χ3v) is 4.87. The molecular weight excluding hydrogens is 294 g/mol. The van der Waals surface area contributed by atoms with Gasteiger partial charge in [0.1, 0.15) is 5.75 Å². The van der Waals surface area contributed by atoms with Gasteiger partial charge < -0.3 is 9.84 Å². The highest BCUT2D eigenvalue weighted by atomic mass is 32.2. The van der Waals surface area contributed by atoms with Crippen LogP contribution in [0.5, 0.6) is 5.75 Å². The number of sulfonamides is 1. The van der Waals surface area contributed by atoms with Crippen LogP contribution in [-0.2, 0) is 21.2 Å². The number of fused-ring (bicyclic) bond motifs is 1. The lowest BCUT2D eigenvalue weighted by Crippen LogP contribution is -2.28. The standard InChI is InChI=1S/C14H19NO5S/c1-10(2-5-14(16)17)9-15-21(18,19)12-3-4-13-11(8-12)6-7-20-13/h3-4,8,10,15H,2,5-7,9H2,1H3,(H,16,17). The van der Waals surface area contributed by atoms with Crippen LogP contribution in [0.2, 0.25) is 0 Å². The molecule has 0 spiro atoms. The van der Waals surface area contributed by atoms with Crippen LogP contribution < -0.4 is 9.46 Å². The van der Waals surface area contributed by atoms with Gasteiger partial charge in [0.25, 0.3) is 0 Å². The van der Waals surface area contributed by atoms with Gasteiger partial charge in [-0.1, -0.05) is 6.92 Å². The lowest BCUT2D eigenvalue weighted by Gasteiger charge is -2.12. The SMILES string of the molecule is CC(CCC(=O)O)CNS(=O)(=O)c1ccc2c(c1)CCO2. The van der Waals surface area contributed by atoms with E-state index in [0.717, 1.165) is 11.3 Å². The van der Waals surface area contributed by atoms with Gasteiger partial charge in [-0.2, -0.15) is 0 Å². The van der Waals surface area contributed by atoms with E-state index in [9.17, 15) is 13.2 Å². The highest BCUT2D eigenvalue weighted by Gasteiger charge is 2.19. The van der Waals surface area contributed by atoms with E-state index in [1.165, 1.54) is 6.07 Å². The quantitative estimate of drug-likeness (QED) is 0.794. The van der Waals surface area contributed by atoms with Crippen LogP contribution in [0.3, 0.4) is 0 Å². The Bertz CT molecular complexity index is 626. The van der Waals surface area contributed by atoms with Crippen molar-refractivity contribution in [2.45, 2.75) is 31.1 Å². The molecule has 0 radical (unpaired) electrons. The first-order valence-electron chi connectivity index (χ1n) is 6.85. The summed E-state index contributed by atoms with van der Waals surface area (Å²) in [7, 11) is -3.57. The number of hydrogen-bond acceptors (Lipinski definition) is 4.